The van der Waals surface area contributed by atoms with Crippen LogP contribution >= 0.6 is 15.9 Å². The molecule has 0 radical (unpaired) electrons. The van der Waals surface area contributed by atoms with Gasteiger partial charge in [0.1, 0.15) is 0 Å². The summed E-state index contributed by atoms with van der Waals surface area (Å²) in [7, 11) is 1.67. The minimum atomic E-state index is 0.344. The van der Waals surface area contributed by atoms with Crippen LogP contribution in [0.4, 0.5) is 0 Å². The van der Waals surface area contributed by atoms with Gasteiger partial charge < -0.3 is 18.9 Å². The number of halogens is 1. The maximum Gasteiger partial charge on any atom is 0.0704 e. The molecule has 0 bridgehead atoms. The topological polar surface area (TPSA) is 36.9 Å². The molecule has 0 aliphatic heterocycles. The molecule has 4 nitrogen and oxygen atoms in total. The van der Waals surface area contributed by atoms with Crippen molar-refractivity contribution >= 4 is 15.9 Å². The van der Waals surface area contributed by atoms with E-state index in [0.29, 0.717) is 50.6 Å². The van der Waals surface area contributed by atoms with Crippen LogP contribution in [0.3, 0.4) is 0 Å². The van der Waals surface area contributed by atoms with Crippen molar-refractivity contribution in [3.8, 4) is 0 Å². The predicted octanol–water partition coefficient (Wildman–Crippen LogP) is 3.17. The molecule has 0 N–H and O–H groups in total. The highest BCUT2D eigenvalue weighted by molar-refractivity contribution is 9.09. The second-order valence-corrected chi connectivity index (χ2v) is 6.31. The lowest BCUT2D eigenvalue weighted by atomic mass is 9.98. The predicted molar refractivity (Wildman–Crippen MR) is 83.7 cm³/mol. The Bertz CT molecular complexity index is 216. The van der Waals surface area contributed by atoms with Gasteiger partial charge in [-0.3, -0.25) is 0 Å². The van der Waals surface area contributed by atoms with Crippen LogP contribution in [0.25, 0.3) is 0 Å². The van der Waals surface area contributed by atoms with Crippen molar-refractivity contribution < 1.29 is 18.9 Å². The number of ether oxygens (including phenoxy) is 4. The van der Waals surface area contributed by atoms with E-state index in [9.17, 15) is 0 Å². The van der Waals surface area contributed by atoms with Gasteiger partial charge in [-0.2, -0.15) is 0 Å². The molecule has 0 aromatic heterocycles. The van der Waals surface area contributed by atoms with Crippen LogP contribution in [-0.4, -0.2) is 57.7 Å². The van der Waals surface area contributed by atoms with Gasteiger partial charge in [-0.25, -0.2) is 0 Å². The molecule has 2 unspecified atom stereocenters. The van der Waals surface area contributed by atoms with Crippen molar-refractivity contribution in [1.29, 1.82) is 0 Å². The normalized spacial score (nSPS) is 24.3. The first-order valence-electron chi connectivity index (χ1n) is 7.74. The van der Waals surface area contributed by atoms with Crippen LogP contribution in [0.1, 0.15) is 38.5 Å². The molecule has 5 heteroatoms. The monoisotopic (exact) mass is 352 g/mol. The summed E-state index contributed by atoms with van der Waals surface area (Å²) >= 11 is 3.76. The van der Waals surface area contributed by atoms with E-state index in [4.69, 9.17) is 18.9 Å². The molecule has 20 heavy (non-hydrogen) atoms. The summed E-state index contributed by atoms with van der Waals surface area (Å²) in [4.78, 5) is 0.500. The van der Waals surface area contributed by atoms with Gasteiger partial charge in [0.2, 0.25) is 0 Å². The van der Waals surface area contributed by atoms with E-state index >= 15 is 0 Å². The van der Waals surface area contributed by atoms with Gasteiger partial charge in [-0.1, -0.05) is 41.6 Å². The fraction of sp³-hybridized carbons (Fsp3) is 1.00. The zero-order chi connectivity index (χ0) is 14.5. The molecule has 1 saturated carbocycles. The molecule has 1 rings (SSSR count). The van der Waals surface area contributed by atoms with Crippen molar-refractivity contribution in [2.45, 2.75) is 49.5 Å². The molecule has 120 valence electrons. The van der Waals surface area contributed by atoms with E-state index in [1.807, 2.05) is 0 Å². The van der Waals surface area contributed by atoms with Gasteiger partial charge in [-0.15, -0.1) is 0 Å². The third-order valence-electron chi connectivity index (χ3n) is 3.49. The fourth-order valence-electron chi connectivity index (χ4n) is 2.32. The second-order valence-electron chi connectivity index (χ2n) is 5.13. The fourth-order valence-corrected chi connectivity index (χ4v) is 3.06. The SMILES string of the molecule is COCCOCCOCCOC1CCCCCCC1Br. The number of methoxy groups -OCH3 is 1. The van der Waals surface area contributed by atoms with Gasteiger partial charge >= 0.3 is 0 Å². The molecule has 1 aliphatic carbocycles. The Morgan fingerprint density at radius 3 is 2.10 bits per heavy atom. The summed E-state index contributed by atoms with van der Waals surface area (Å²) in [5.74, 6) is 0. The van der Waals surface area contributed by atoms with E-state index in [0.717, 1.165) is 6.42 Å². The Hall–Kier alpha value is 0.320. The summed E-state index contributed by atoms with van der Waals surface area (Å²) in [6, 6.07) is 0. The maximum atomic E-state index is 5.94. The smallest absolute Gasteiger partial charge is 0.0704 e. The summed E-state index contributed by atoms with van der Waals surface area (Å²) in [5.41, 5.74) is 0. The highest BCUT2D eigenvalue weighted by Crippen LogP contribution is 2.25. The molecule has 1 fully saturated rings. The Kier molecular flexibility index (Phi) is 12.0. The van der Waals surface area contributed by atoms with E-state index in [1.54, 1.807) is 7.11 Å². The minimum Gasteiger partial charge on any atom is -0.382 e. The quantitative estimate of drug-likeness (QED) is 0.447. The first kappa shape index (κ1) is 18.4. The molecule has 0 heterocycles. The number of hydrogen-bond acceptors (Lipinski definition) is 4. The highest BCUT2D eigenvalue weighted by atomic mass is 79.9. The first-order chi connectivity index (χ1) is 9.84. The van der Waals surface area contributed by atoms with E-state index in [2.05, 4.69) is 15.9 Å². The standard InChI is InChI=1S/C15H29BrO4/c1-17-8-9-18-10-11-19-12-13-20-15-7-5-3-2-4-6-14(15)16/h14-15H,2-13H2,1H3. The highest BCUT2D eigenvalue weighted by Gasteiger charge is 2.20. The Morgan fingerprint density at radius 2 is 1.40 bits per heavy atom. The molecule has 1 aliphatic rings. The Balaban J connectivity index is 1.93. The van der Waals surface area contributed by atoms with Gasteiger partial charge in [0.05, 0.1) is 45.7 Å². The molecular formula is C15H29BrO4. The van der Waals surface area contributed by atoms with Crippen molar-refractivity contribution in [2.24, 2.45) is 0 Å². The molecule has 2 atom stereocenters. The largest absolute Gasteiger partial charge is 0.382 e. The van der Waals surface area contributed by atoms with Gasteiger partial charge in [0.15, 0.2) is 0 Å². The van der Waals surface area contributed by atoms with Gasteiger partial charge in [0, 0.05) is 11.9 Å². The van der Waals surface area contributed by atoms with E-state index < -0.39 is 0 Å². The zero-order valence-electron chi connectivity index (χ0n) is 12.7. The van der Waals surface area contributed by atoms with Gasteiger partial charge in [-0.05, 0) is 12.8 Å². The summed E-state index contributed by atoms with van der Waals surface area (Å²) in [6.45, 7) is 3.82. The number of hydrogen-bond donors (Lipinski definition) is 0. The van der Waals surface area contributed by atoms with Crippen LogP contribution in [0.5, 0.6) is 0 Å². The summed E-state index contributed by atoms with van der Waals surface area (Å²) in [6.07, 6.45) is 8.02. The average molecular weight is 353 g/mol. The second kappa shape index (κ2) is 13.0. The van der Waals surface area contributed by atoms with Crippen LogP contribution < -0.4 is 0 Å². The van der Waals surface area contributed by atoms with E-state index in [-0.39, 0.29) is 0 Å². The molecule has 0 aromatic rings. The third kappa shape index (κ3) is 9.29. The molecule has 0 saturated heterocycles. The maximum absolute atomic E-state index is 5.94. The molecule has 0 amide bonds. The summed E-state index contributed by atoms with van der Waals surface area (Å²) < 4.78 is 21.6. The summed E-state index contributed by atoms with van der Waals surface area (Å²) in [5, 5.41) is 0. The molecule has 0 aromatic carbocycles. The molecular weight excluding hydrogens is 324 g/mol. The lowest BCUT2D eigenvalue weighted by Gasteiger charge is -2.25. The Morgan fingerprint density at radius 1 is 0.800 bits per heavy atom. The van der Waals surface area contributed by atoms with Crippen molar-refractivity contribution in [1.82, 2.24) is 0 Å². The molecule has 0 spiro atoms. The van der Waals surface area contributed by atoms with Crippen molar-refractivity contribution in [2.75, 3.05) is 46.8 Å². The third-order valence-corrected chi connectivity index (χ3v) is 4.53. The average Bonchev–Trinajstić information content (AvgIpc) is 2.44. The van der Waals surface area contributed by atoms with Crippen LogP contribution in [0.2, 0.25) is 0 Å². The number of alkyl halides is 1. The van der Waals surface area contributed by atoms with Crippen molar-refractivity contribution in [3.63, 3.8) is 0 Å². The van der Waals surface area contributed by atoms with Gasteiger partial charge in [0.25, 0.3) is 0 Å². The van der Waals surface area contributed by atoms with Crippen molar-refractivity contribution in [3.05, 3.63) is 0 Å². The van der Waals surface area contributed by atoms with Crippen LogP contribution in [0.15, 0.2) is 0 Å². The lowest BCUT2D eigenvalue weighted by Crippen LogP contribution is -2.27. The lowest BCUT2D eigenvalue weighted by molar-refractivity contribution is -0.0200. The number of rotatable bonds is 10. The first-order valence-corrected chi connectivity index (χ1v) is 8.66. The van der Waals surface area contributed by atoms with Crippen LogP contribution in [-0.2, 0) is 18.9 Å². The van der Waals surface area contributed by atoms with Crippen LogP contribution in [0, 0.1) is 0 Å². The minimum absolute atomic E-state index is 0.344. The Labute approximate surface area is 131 Å². The zero-order valence-corrected chi connectivity index (χ0v) is 14.2. The van der Waals surface area contributed by atoms with E-state index in [1.165, 1.54) is 32.1 Å².